The molecule has 2 aromatic heterocycles. The first kappa shape index (κ1) is 21.0. The van der Waals surface area contributed by atoms with Crippen LogP contribution in [-0.4, -0.2) is 56.9 Å². The Hall–Kier alpha value is -2.91. The van der Waals surface area contributed by atoms with E-state index in [1.54, 1.807) is 16.8 Å². The first-order chi connectivity index (χ1) is 15.7. The van der Waals surface area contributed by atoms with E-state index in [-0.39, 0.29) is 11.4 Å². The SMILES string of the molecule is O=c1cc2c(nn1CCN1CCCCC1CNc1ncnc3cc(F)ccc13)CCOC2. The zero-order valence-electron chi connectivity index (χ0n) is 18.0. The van der Waals surface area contributed by atoms with Gasteiger partial charge in [0.05, 0.1) is 31.0 Å². The van der Waals surface area contributed by atoms with Crippen molar-refractivity contribution in [3.8, 4) is 0 Å². The average Bonchev–Trinajstić information content (AvgIpc) is 2.81. The molecule has 8 nitrogen and oxygen atoms in total. The summed E-state index contributed by atoms with van der Waals surface area (Å²) in [5, 5.41) is 8.85. The molecular weight excluding hydrogens is 411 g/mol. The first-order valence-corrected chi connectivity index (χ1v) is 11.2. The van der Waals surface area contributed by atoms with Gasteiger partial charge >= 0.3 is 0 Å². The van der Waals surface area contributed by atoms with Gasteiger partial charge in [-0.25, -0.2) is 19.0 Å². The molecule has 5 rings (SSSR count). The molecule has 0 spiro atoms. The highest BCUT2D eigenvalue weighted by atomic mass is 19.1. The Bertz CT molecular complexity index is 1170. The van der Waals surface area contributed by atoms with Gasteiger partial charge < -0.3 is 10.1 Å². The number of piperidine rings is 1. The Morgan fingerprint density at radius 3 is 3.06 bits per heavy atom. The second-order valence-corrected chi connectivity index (χ2v) is 8.43. The first-order valence-electron chi connectivity index (χ1n) is 11.2. The van der Waals surface area contributed by atoms with Gasteiger partial charge in [0, 0.05) is 48.6 Å². The summed E-state index contributed by atoms with van der Waals surface area (Å²) < 4.78 is 20.5. The van der Waals surface area contributed by atoms with Gasteiger partial charge in [0.1, 0.15) is 18.0 Å². The predicted molar refractivity (Wildman–Crippen MR) is 119 cm³/mol. The van der Waals surface area contributed by atoms with Crippen LogP contribution in [0, 0.1) is 5.82 Å². The number of ether oxygens (including phenoxy) is 1. The molecule has 168 valence electrons. The Kier molecular flexibility index (Phi) is 6.09. The summed E-state index contributed by atoms with van der Waals surface area (Å²) in [6, 6.07) is 6.56. The molecule has 0 saturated carbocycles. The number of benzene rings is 1. The topological polar surface area (TPSA) is 85.2 Å². The summed E-state index contributed by atoms with van der Waals surface area (Å²) >= 11 is 0. The van der Waals surface area contributed by atoms with E-state index in [0.717, 1.165) is 61.4 Å². The fourth-order valence-electron chi connectivity index (χ4n) is 4.61. The Balaban J connectivity index is 1.26. The lowest BCUT2D eigenvalue weighted by Crippen LogP contribution is -2.46. The molecule has 4 heterocycles. The van der Waals surface area contributed by atoms with Gasteiger partial charge in [0.2, 0.25) is 0 Å². The minimum Gasteiger partial charge on any atom is -0.376 e. The molecule has 1 fully saturated rings. The number of fused-ring (bicyclic) bond motifs is 2. The van der Waals surface area contributed by atoms with Crippen LogP contribution in [-0.2, 0) is 24.3 Å². The van der Waals surface area contributed by atoms with Crippen LogP contribution in [0.3, 0.4) is 0 Å². The number of hydrogen-bond acceptors (Lipinski definition) is 7. The van der Waals surface area contributed by atoms with Gasteiger partial charge in [-0.3, -0.25) is 9.69 Å². The molecule has 2 aliphatic rings. The summed E-state index contributed by atoms with van der Waals surface area (Å²) in [7, 11) is 0. The van der Waals surface area contributed by atoms with Gasteiger partial charge in [0.25, 0.3) is 5.56 Å². The van der Waals surface area contributed by atoms with Crippen LogP contribution in [0.15, 0.2) is 35.4 Å². The molecule has 1 N–H and O–H groups in total. The summed E-state index contributed by atoms with van der Waals surface area (Å²) in [6.45, 7) is 4.19. The molecule has 1 atom stereocenters. The molecule has 9 heteroatoms. The maximum atomic E-state index is 13.5. The van der Waals surface area contributed by atoms with Gasteiger partial charge in [-0.05, 0) is 31.5 Å². The standard InChI is InChI=1S/C23H27FN6O2/c24-17-4-5-19-21(12-17)26-15-27-23(19)25-13-18-3-1-2-7-29(18)8-9-30-22(31)11-16-14-32-10-6-20(16)28-30/h4-5,11-12,15,18H,1-3,6-10,13-14H2,(H,25,26,27). The van der Waals surface area contributed by atoms with Crippen molar-refractivity contribution < 1.29 is 9.13 Å². The Morgan fingerprint density at radius 2 is 2.12 bits per heavy atom. The van der Waals surface area contributed by atoms with Crippen molar-refractivity contribution in [1.82, 2.24) is 24.6 Å². The lowest BCUT2D eigenvalue weighted by Gasteiger charge is -2.36. The van der Waals surface area contributed by atoms with Crippen molar-refractivity contribution in [3.63, 3.8) is 0 Å². The minimum atomic E-state index is -0.306. The van der Waals surface area contributed by atoms with Crippen molar-refractivity contribution in [2.75, 3.05) is 31.6 Å². The van der Waals surface area contributed by atoms with Gasteiger partial charge in [0.15, 0.2) is 0 Å². The second kappa shape index (κ2) is 9.30. The normalized spacial score (nSPS) is 19.1. The maximum absolute atomic E-state index is 13.5. The molecule has 1 saturated heterocycles. The van der Waals surface area contributed by atoms with Crippen LogP contribution < -0.4 is 10.9 Å². The van der Waals surface area contributed by atoms with E-state index in [1.165, 1.54) is 24.9 Å². The smallest absolute Gasteiger partial charge is 0.267 e. The number of nitrogens with zero attached hydrogens (tertiary/aromatic N) is 5. The van der Waals surface area contributed by atoms with Crippen LogP contribution in [0.25, 0.3) is 10.9 Å². The highest BCUT2D eigenvalue weighted by Gasteiger charge is 2.23. The Morgan fingerprint density at radius 1 is 1.19 bits per heavy atom. The number of hydrogen-bond donors (Lipinski definition) is 1. The number of halogens is 1. The zero-order chi connectivity index (χ0) is 21.9. The minimum absolute atomic E-state index is 0.0689. The summed E-state index contributed by atoms with van der Waals surface area (Å²) in [4.78, 5) is 23.4. The fraction of sp³-hybridized carbons (Fsp3) is 0.478. The molecular formula is C23H27FN6O2. The molecule has 2 aliphatic heterocycles. The van der Waals surface area contributed by atoms with Crippen LogP contribution >= 0.6 is 0 Å². The van der Waals surface area contributed by atoms with Crippen molar-refractivity contribution in [2.24, 2.45) is 0 Å². The highest BCUT2D eigenvalue weighted by molar-refractivity contribution is 5.88. The molecule has 32 heavy (non-hydrogen) atoms. The summed E-state index contributed by atoms with van der Waals surface area (Å²) in [5.74, 6) is 0.412. The second-order valence-electron chi connectivity index (χ2n) is 8.43. The van der Waals surface area contributed by atoms with E-state index in [1.807, 2.05) is 0 Å². The number of nitrogens with one attached hydrogen (secondary N) is 1. The monoisotopic (exact) mass is 438 g/mol. The molecule has 1 aromatic carbocycles. The van der Waals surface area contributed by atoms with Gasteiger partial charge in [-0.15, -0.1) is 0 Å². The predicted octanol–water partition coefficient (Wildman–Crippen LogP) is 2.36. The van der Waals surface area contributed by atoms with Crippen LogP contribution in [0.5, 0.6) is 0 Å². The van der Waals surface area contributed by atoms with Gasteiger partial charge in [-0.2, -0.15) is 5.10 Å². The lowest BCUT2D eigenvalue weighted by atomic mass is 10.0. The van der Waals surface area contributed by atoms with Crippen molar-refractivity contribution in [3.05, 3.63) is 58.0 Å². The van der Waals surface area contributed by atoms with E-state index in [9.17, 15) is 9.18 Å². The largest absolute Gasteiger partial charge is 0.376 e. The summed E-state index contributed by atoms with van der Waals surface area (Å²) in [6.07, 6.45) is 5.62. The van der Waals surface area contributed by atoms with Crippen molar-refractivity contribution in [2.45, 2.75) is 44.9 Å². The molecule has 1 unspecified atom stereocenters. The molecule has 0 radical (unpaired) electrons. The van der Waals surface area contributed by atoms with Gasteiger partial charge in [-0.1, -0.05) is 6.42 Å². The third-order valence-corrected chi connectivity index (χ3v) is 6.36. The molecule has 0 aliphatic carbocycles. The molecule has 0 amide bonds. The van der Waals surface area contributed by atoms with Crippen molar-refractivity contribution in [1.29, 1.82) is 0 Å². The average molecular weight is 439 g/mol. The number of rotatable bonds is 6. The fourth-order valence-corrected chi connectivity index (χ4v) is 4.61. The molecule has 3 aromatic rings. The quantitative estimate of drug-likeness (QED) is 0.632. The molecule has 0 bridgehead atoms. The van der Waals surface area contributed by atoms with E-state index >= 15 is 0 Å². The number of aromatic nitrogens is 4. The maximum Gasteiger partial charge on any atom is 0.267 e. The number of likely N-dealkylation sites (tertiary alicyclic amines) is 1. The van der Waals surface area contributed by atoms with E-state index in [4.69, 9.17) is 4.74 Å². The Labute approximate surface area is 185 Å². The van der Waals surface area contributed by atoms with E-state index < -0.39 is 0 Å². The van der Waals surface area contributed by atoms with Crippen molar-refractivity contribution >= 4 is 16.7 Å². The van der Waals surface area contributed by atoms with E-state index in [0.29, 0.717) is 31.3 Å². The highest BCUT2D eigenvalue weighted by Crippen LogP contribution is 2.22. The van der Waals surface area contributed by atoms with E-state index in [2.05, 4.69) is 25.3 Å². The zero-order valence-corrected chi connectivity index (χ0v) is 18.0. The van der Waals surface area contributed by atoms with Crippen LogP contribution in [0.1, 0.15) is 30.5 Å². The number of anilines is 1. The third kappa shape index (κ3) is 4.49. The van der Waals surface area contributed by atoms with Crippen LogP contribution in [0.4, 0.5) is 10.2 Å². The van der Waals surface area contributed by atoms with Crippen LogP contribution in [0.2, 0.25) is 0 Å². The lowest BCUT2D eigenvalue weighted by molar-refractivity contribution is 0.107. The summed E-state index contributed by atoms with van der Waals surface area (Å²) in [5.41, 5.74) is 2.40. The third-order valence-electron chi connectivity index (χ3n) is 6.36.